The summed E-state index contributed by atoms with van der Waals surface area (Å²) in [5.74, 6) is -1.54. The Morgan fingerprint density at radius 1 is 1.03 bits per heavy atom. The second kappa shape index (κ2) is 15.2. The predicted octanol–water partition coefficient (Wildman–Crippen LogP) is 2.24. The number of nitrogens with zero attached hydrogens (tertiary/aromatic N) is 3. The molecule has 2 heterocycles. The average Bonchev–Trinajstić information content (AvgIpc) is 2.81. The number of hydrogen-bond acceptors (Lipinski definition) is 6. The van der Waals surface area contributed by atoms with Crippen LogP contribution in [0.25, 0.3) is 21.8 Å². The number of hydrogen-bond donors (Lipinski definition) is 0. The van der Waals surface area contributed by atoms with Gasteiger partial charge in [-0.05, 0) is 35.7 Å². The Kier molecular flexibility index (Phi) is 13.9. The molecule has 0 aliphatic rings. The van der Waals surface area contributed by atoms with Crippen LogP contribution in [0.2, 0.25) is 0 Å². The molecule has 10 heteroatoms. The molecule has 2 aromatic heterocycles. The molecule has 2 aromatic carbocycles. The number of rotatable bonds is 5. The van der Waals surface area contributed by atoms with Gasteiger partial charge in [-0.2, -0.15) is 0 Å². The van der Waals surface area contributed by atoms with Crippen molar-refractivity contribution in [3.63, 3.8) is 0 Å². The molecular weight excluding hydrogens is 566 g/mol. The van der Waals surface area contributed by atoms with Gasteiger partial charge in [-0.25, -0.2) is 0 Å². The van der Waals surface area contributed by atoms with E-state index in [0.29, 0.717) is 12.0 Å². The van der Waals surface area contributed by atoms with E-state index in [4.69, 9.17) is 0 Å². The number of fused-ring (bicyclic) bond motifs is 3. The monoisotopic (exact) mass is 590 g/mol. The Labute approximate surface area is 222 Å². The summed E-state index contributed by atoms with van der Waals surface area (Å²) in [7, 11) is 0. The Morgan fingerprint density at radius 3 is 2.06 bits per heavy atom. The summed E-state index contributed by atoms with van der Waals surface area (Å²) in [5, 5.41) is 24.8. The van der Waals surface area contributed by atoms with Gasteiger partial charge in [0.15, 0.2) is 0 Å². The molecule has 4 N–H and O–H groups in total. The molecule has 35 heavy (non-hydrogen) atoms. The molecule has 0 fully saturated rings. The summed E-state index contributed by atoms with van der Waals surface area (Å²) in [6.45, 7) is 3.67. The molecule has 2 atom stereocenters. The van der Waals surface area contributed by atoms with E-state index in [1.807, 2.05) is 19.1 Å². The largest absolute Gasteiger partial charge is 2.00 e. The predicted molar refractivity (Wildman–Crippen MR) is 134 cm³/mol. The minimum absolute atomic E-state index is 0. The van der Waals surface area contributed by atoms with Crippen LogP contribution in [0.4, 0.5) is 0 Å². The number of carbonyl (C=O) groups is 1. The number of aliphatic carboxylic acids is 1. The minimum atomic E-state index is -1.22. The summed E-state index contributed by atoms with van der Waals surface area (Å²) in [5.41, 5.74) is 2.31. The number of carbonyl (C=O) groups excluding carboxylic acids is 1. The fourth-order valence-electron chi connectivity index (χ4n) is 3.12. The zero-order valence-corrected chi connectivity index (χ0v) is 21.6. The fraction of sp³-hybridized carbons (Fsp3) is 0.200. The molecule has 0 spiro atoms. The minimum Gasteiger partial charge on any atom is -0.872 e. The molecule has 8 nitrogen and oxygen atoms in total. The first-order valence-corrected chi connectivity index (χ1v) is 11.0. The SMILES string of the molecule is CC[C@H](C)[C@H](N=Cc1cc(Br)ccc1[O-])C(=O)[O-].O.O.[Cu+2].c1cnc2c(c1)ccc1cccnc12. The first kappa shape index (κ1) is 32.1. The summed E-state index contributed by atoms with van der Waals surface area (Å²) >= 11 is 3.25. The van der Waals surface area contributed by atoms with Crippen LogP contribution in [0.5, 0.6) is 5.75 Å². The van der Waals surface area contributed by atoms with E-state index < -0.39 is 12.0 Å². The fourth-order valence-corrected chi connectivity index (χ4v) is 3.50. The van der Waals surface area contributed by atoms with E-state index in [-0.39, 0.29) is 39.7 Å². The molecule has 0 unspecified atom stereocenters. The molecule has 0 bridgehead atoms. The third-order valence-corrected chi connectivity index (χ3v) is 5.61. The van der Waals surface area contributed by atoms with Gasteiger partial charge in [0.2, 0.25) is 0 Å². The van der Waals surface area contributed by atoms with Gasteiger partial charge in [0.25, 0.3) is 0 Å². The van der Waals surface area contributed by atoms with E-state index in [0.717, 1.165) is 26.3 Å². The van der Waals surface area contributed by atoms with E-state index in [9.17, 15) is 15.0 Å². The zero-order valence-electron chi connectivity index (χ0n) is 19.0. The van der Waals surface area contributed by atoms with Crippen molar-refractivity contribution in [2.75, 3.05) is 0 Å². The molecule has 4 aromatic rings. The van der Waals surface area contributed by atoms with Crippen molar-refractivity contribution in [2.24, 2.45) is 10.9 Å². The van der Waals surface area contributed by atoms with E-state index in [1.165, 1.54) is 12.3 Å². The smallest absolute Gasteiger partial charge is 0.872 e. The third-order valence-electron chi connectivity index (χ3n) is 5.12. The topological polar surface area (TPSA) is 164 Å². The maximum atomic E-state index is 11.5. The molecule has 1 radical (unpaired) electrons. The summed E-state index contributed by atoms with van der Waals surface area (Å²) < 4.78 is 0.747. The standard InChI is InChI=1S/C13H16BrNO3.C12H8N2.Cu.2H2O/c1-3-8(2)12(13(17)18)15-7-9-6-10(14)4-5-11(9)16;1-3-9-5-6-10-4-2-8-14-12(10)11(9)13-7-1;;;/h4-8,12,16H,3H2,1-2H3,(H,17,18);1-8H;;2*1H2/q;;+2;;/p-2/t8-,12-;;;;/m0..../s1. The molecule has 4 rings (SSSR count). The molecular formula is C25H26BrCuN3O5. The van der Waals surface area contributed by atoms with Gasteiger partial charge in [0.1, 0.15) is 0 Å². The molecule has 0 aliphatic heterocycles. The van der Waals surface area contributed by atoms with Gasteiger partial charge in [0, 0.05) is 33.9 Å². The van der Waals surface area contributed by atoms with Crippen molar-refractivity contribution in [1.29, 1.82) is 0 Å². The van der Waals surface area contributed by atoms with Crippen molar-refractivity contribution in [1.82, 2.24) is 9.97 Å². The molecule has 0 amide bonds. The second-order valence-corrected chi connectivity index (χ2v) is 8.24. The van der Waals surface area contributed by atoms with Crippen LogP contribution in [0.15, 0.2) is 76.5 Å². The van der Waals surface area contributed by atoms with Gasteiger partial charge in [-0.1, -0.05) is 72.3 Å². The Morgan fingerprint density at radius 2 is 1.57 bits per heavy atom. The Bertz CT molecular complexity index is 1220. The first-order valence-electron chi connectivity index (χ1n) is 10.2. The van der Waals surface area contributed by atoms with Gasteiger partial charge < -0.3 is 26.0 Å². The van der Waals surface area contributed by atoms with Crippen LogP contribution in [-0.2, 0) is 21.9 Å². The van der Waals surface area contributed by atoms with Crippen LogP contribution in [0.1, 0.15) is 25.8 Å². The quantitative estimate of drug-likeness (QED) is 0.197. The van der Waals surface area contributed by atoms with Gasteiger partial charge in [-0.3, -0.25) is 15.0 Å². The number of carboxylic acids is 1. The second-order valence-electron chi connectivity index (χ2n) is 7.33. The van der Waals surface area contributed by atoms with Gasteiger partial charge >= 0.3 is 17.1 Å². The number of aliphatic imine (C=N–C) groups is 1. The molecule has 189 valence electrons. The average molecular weight is 592 g/mol. The molecule has 0 aliphatic carbocycles. The van der Waals surface area contributed by atoms with E-state index in [1.54, 1.807) is 31.5 Å². The van der Waals surface area contributed by atoms with Crippen LogP contribution in [0.3, 0.4) is 0 Å². The number of aromatic nitrogens is 2. The number of carboxylic acid groups (broad SMARTS) is 1. The Balaban J connectivity index is 0.000000619. The maximum absolute atomic E-state index is 11.5. The summed E-state index contributed by atoms with van der Waals surface area (Å²) in [6, 6.07) is 15.9. The molecule has 0 saturated carbocycles. The zero-order chi connectivity index (χ0) is 23.1. The first-order chi connectivity index (χ1) is 15.4. The van der Waals surface area contributed by atoms with Crippen LogP contribution in [-0.4, -0.2) is 39.1 Å². The summed E-state index contributed by atoms with van der Waals surface area (Å²) in [6.07, 6.45) is 5.59. The normalized spacial score (nSPS) is 11.9. The van der Waals surface area contributed by atoms with Crippen molar-refractivity contribution in [3.05, 3.63) is 77.0 Å². The number of halogens is 1. The van der Waals surface area contributed by atoms with E-state index >= 15 is 0 Å². The van der Waals surface area contributed by atoms with Crippen molar-refractivity contribution in [3.8, 4) is 5.75 Å². The molecule has 0 saturated heterocycles. The van der Waals surface area contributed by atoms with Crippen LogP contribution >= 0.6 is 15.9 Å². The van der Waals surface area contributed by atoms with E-state index in [2.05, 4.69) is 55.2 Å². The number of pyridine rings is 2. The van der Waals surface area contributed by atoms with Crippen molar-refractivity contribution in [2.45, 2.75) is 26.3 Å². The number of benzene rings is 2. The van der Waals surface area contributed by atoms with Crippen LogP contribution < -0.4 is 10.2 Å². The van der Waals surface area contributed by atoms with Crippen LogP contribution in [0, 0.1) is 5.92 Å². The van der Waals surface area contributed by atoms with Gasteiger partial charge in [0.05, 0.1) is 23.0 Å². The van der Waals surface area contributed by atoms with Crippen molar-refractivity contribution < 1.29 is 43.0 Å². The van der Waals surface area contributed by atoms with Crippen molar-refractivity contribution >= 4 is 49.9 Å². The third kappa shape index (κ3) is 8.38. The maximum Gasteiger partial charge on any atom is 2.00 e. The summed E-state index contributed by atoms with van der Waals surface area (Å²) in [4.78, 5) is 23.6. The Hall–Kier alpha value is -2.88. The van der Waals surface area contributed by atoms with Gasteiger partial charge in [-0.15, -0.1) is 0 Å².